The number of hydrogen-bond acceptors (Lipinski definition) is 3. The maximum Gasteiger partial charge on any atom is 0.315 e. The number of ether oxygens (including phenoxy) is 1. The first kappa shape index (κ1) is 14.8. The van der Waals surface area contributed by atoms with Gasteiger partial charge in [-0.05, 0) is 32.6 Å². The molecular weight excluding hydrogens is 234 g/mol. The monoisotopic (exact) mass is 257 g/mol. The van der Waals surface area contributed by atoms with Crippen molar-refractivity contribution in [2.75, 3.05) is 13.2 Å². The first-order valence-corrected chi connectivity index (χ1v) is 6.42. The molecule has 0 spiro atoms. The zero-order chi connectivity index (χ0) is 13.5. The highest BCUT2D eigenvalue weighted by Gasteiger charge is 2.26. The molecule has 1 unspecified atom stereocenters. The Kier molecular flexibility index (Phi) is 5.91. The zero-order valence-electron chi connectivity index (χ0n) is 11.1. The van der Waals surface area contributed by atoms with Crippen LogP contribution in [0.15, 0.2) is 0 Å². The summed E-state index contributed by atoms with van der Waals surface area (Å²) in [5.74, 6) is -0.138. The Morgan fingerprint density at radius 3 is 2.39 bits per heavy atom. The van der Waals surface area contributed by atoms with Gasteiger partial charge in [0.25, 0.3) is 0 Å². The number of nitrogens with one attached hydrogen (secondary N) is 2. The Labute approximate surface area is 108 Å². The maximum absolute atomic E-state index is 11.7. The fourth-order valence-electron chi connectivity index (χ4n) is 2.14. The van der Waals surface area contributed by atoms with Crippen molar-refractivity contribution in [2.45, 2.75) is 45.2 Å². The summed E-state index contributed by atoms with van der Waals surface area (Å²) in [6, 6.07) is -0.387. The molecule has 18 heavy (non-hydrogen) atoms. The predicted octanol–water partition coefficient (Wildman–Crippen LogP) is 0.365. The van der Waals surface area contributed by atoms with Gasteiger partial charge in [-0.15, -0.1) is 0 Å². The minimum absolute atomic E-state index is 0.0638. The molecule has 3 amide bonds. The minimum atomic E-state index is -0.392. The second-order valence-electron chi connectivity index (χ2n) is 5.00. The SMILES string of the molecule is CC(C)NC(=O)NC(CC(N)=O)C1CCOCC1. The van der Waals surface area contributed by atoms with Gasteiger partial charge in [0.05, 0.1) is 0 Å². The number of nitrogens with two attached hydrogens (primary N) is 1. The Hall–Kier alpha value is -1.30. The van der Waals surface area contributed by atoms with E-state index in [1.165, 1.54) is 0 Å². The topological polar surface area (TPSA) is 93.5 Å². The Balaban J connectivity index is 2.53. The molecular formula is C12H23N3O3. The third-order valence-electron chi connectivity index (χ3n) is 2.99. The normalized spacial score (nSPS) is 18.4. The van der Waals surface area contributed by atoms with Gasteiger partial charge in [-0.2, -0.15) is 0 Å². The van der Waals surface area contributed by atoms with Gasteiger partial charge in [0, 0.05) is 31.7 Å². The van der Waals surface area contributed by atoms with Gasteiger partial charge >= 0.3 is 6.03 Å². The molecule has 0 aromatic carbocycles. The molecule has 0 aliphatic carbocycles. The van der Waals surface area contributed by atoms with Crippen molar-refractivity contribution in [3.8, 4) is 0 Å². The molecule has 0 saturated carbocycles. The molecule has 6 heteroatoms. The van der Waals surface area contributed by atoms with E-state index in [0.29, 0.717) is 13.2 Å². The van der Waals surface area contributed by atoms with Crippen LogP contribution in [0, 0.1) is 5.92 Å². The summed E-state index contributed by atoms with van der Waals surface area (Å²) < 4.78 is 5.28. The van der Waals surface area contributed by atoms with Crippen LogP contribution in [-0.4, -0.2) is 37.2 Å². The van der Waals surface area contributed by atoms with Crippen LogP contribution < -0.4 is 16.4 Å². The Bertz CT molecular complexity index is 288. The maximum atomic E-state index is 11.7. The number of rotatable bonds is 5. The van der Waals surface area contributed by atoms with Gasteiger partial charge in [0.1, 0.15) is 0 Å². The number of primary amides is 1. The highest BCUT2D eigenvalue weighted by molar-refractivity contribution is 5.78. The van der Waals surface area contributed by atoms with Crippen molar-refractivity contribution in [2.24, 2.45) is 11.7 Å². The van der Waals surface area contributed by atoms with Crippen LogP contribution in [0.4, 0.5) is 4.79 Å². The van der Waals surface area contributed by atoms with Gasteiger partial charge in [0.2, 0.25) is 5.91 Å². The molecule has 0 aromatic rings. The van der Waals surface area contributed by atoms with E-state index in [0.717, 1.165) is 12.8 Å². The first-order valence-electron chi connectivity index (χ1n) is 6.42. The summed E-state index contributed by atoms with van der Waals surface area (Å²) in [7, 11) is 0. The average Bonchev–Trinajstić information content (AvgIpc) is 2.27. The van der Waals surface area contributed by atoms with Gasteiger partial charge < -0.3 is 21.1 Å². The predicted molar refractivity (Wildman–Crippen MR) is 67.9 cm³/mol. The lowest BCUT2D eigenvalue weighted by atomic mass is 9.89. The summed E-state index contributed by atoms with van der Waals surface area (Å²) in [4.78, 5) is 22.8. The van der Waals surface area contributed by atoms with Crippen LogP contribution in [0.5, 0.6) is 0 Å². The lowest BCUT2D eigenvalue weighted by Crippen LogP contribution is -2.49. The molecule has 1 fully saturated rings. The molecule has 1 saturated heterocycles. The molecule has 1 aliphatic heterocycles. The second kappa shape index (κ2) is 7.20. The van der Waals surface area contributed by atoms with Gasteiger partial charge in [-0.3, -0.25) is 4.79 Å². The highest BCUT2D eigenvalue weighted by atomic mass is 16.5. The summed E-state index contributed by atoms with van der Waals surface area (Å²) >= 11 is 0. The quantitative estimate of drug-likeness (QED) is 0.664. The third-order valence-corrected chi connectivity index (χ3v) is 2.99. The third kappa shape index (κ3) is 5.35. The standard InChI is InChI=1S/C12H23N3O3/c1-8(2)14-12(17)15-10(7-11(13)16)9-3-5-18-6-4-9/h8-10H,3-7H2,1-2H3,(H2,13,16)(H2,14,15,17). The number of carbonyl (C=O) groups excluding carboxylic acids is 2. The van der Waals surface area contributed by atoms with E-state index in [-0.39, 0.29) is 30.5 Å². The average molecular weight is 257 g/mol. The number of carbonyl (C=O) groups is 2. The van der Waals surface area contributed by atoms with Crippen LogP contribution >= 0.6 is 0 Å². The van der Waals surface area contributed by atoms with E-state index in [4.69, 9.17) is 10.5 Å². The molecule has 1 rings (SSSR count). The van der Waals surface area contributed by atoms with Crippen molar-refractivity contribution in [3.63, 3.8) is 0 Å². The molecule has 0 aromatic heterocycles. The van der Waals surface area contributed by atoms with Crippen molar-refractivity contribution in [1.29, 1.82) is 0 Å². The van der Waals surface area contributed by atoms with Crippen LogP contribution in [0.1, 0.15) is 33.1 Å². The van der Waals surface area contributed by atoms with E-state index in [9.17, 15) is 9.59 Å². The smallest absolute Gasteiger partial charge is 0.315 e. The molecule has 1 aliphatic rings. The molecule has 6 nitrogen and oxygen atoms in total. The summed E-state index contributed by atoms with van der Waals surface area (Å²) in [6.45, 7) is 5.12. The zero-order valence-corrected chi connectivity index (χ0v) is 11.1. The summed E-state index contributed by atoms with van der Waals surface area (Å²) in [5.41, 5.74) is 5.24. The Morgan fingerprint density at radius 2 is 1.89 bits per heavy atom. The van der Waals surface area contributed by atoms with Crippen LogP contribution in [-0.2, 0) is 9.53 Å². The minimum Gasteiger partial charge on any atom is -0.381 e. The fourth-order valence-corrected chi connectivity index (χ4v) is 2.14. The molecule has 1 heterocycles. The molecule has 0 radical (unpaired) electrons. The van der Waals surface area contributed by atoms with E-state index < -0.39 is 5.91 Å². The van der Waals surface area contributed by atoms with Gasteiger partial charge in [0.15, 0.2) is 0 Å². The van der Waals surface area contributed by atoms with Crippen LogP contribution in [0.2, 0.25) is 0 Å². The molecule has 4 N–H and O–H groups in total. The van der Waals surface area contributed by atoms with Gasteiger partial charge in [-0.25, -0.2) is 4.79 Å². The van der Waals surface area contributed by atoms with Crippen LogP contribution in [0.25, 0.3) is 0 Å². The summed E-state index contributed by atoms with van der Waals surface area (Å²) in [5, 5.41) is 5.60. The summed E-state index contributed by atoms with van der Waals surface area (Å²) in [6.07, 6.45) is 1.87. The van der Waals surface area contributed by atoms with Crippen molar-refractivity contribution >= 4 is 11.9 Å². The highest BCUT2D eigenvalue weighted by Crippen LogP contribution is 2.20. The van der Waals surface area contributed by atoms with E-state index in [1.807, 2.05) is 13.8 Å². The molecule has 1 atom stereocenters. The number of hydrogen-bond donors (Lipinski definition) is 3. The Morgan fingerprint density at radius 1 is 1.28 bits per heavy atom. The lowest BCUT2D eigenvalue weighted by molar-refractivity contribution is -0.118. The lowest BCUT2D eigenvalue weighted by Gasteiger charge is -2.30. The molecule has 104 valence electrons. The number of urea groups is 1. The van der Waals surface area contributed by atoms with Crippen molar-refractivity contribution in [1.82, 2.24) is 10.6 Å². The van der Waals surface area contributed by atoms with Gasteiger partial charge in [-0.1, -0.05) is 0 Å². The van der Waals surface area contributed by atoms with Crippen LogP contribution in [0.3, 0.4) is 0 Å². The molecule has 0 bridgehead atoms. The van der Waals surface area contributed by atoms with Crippen molar-refractivity contribution in [3.05, 3.63) is 0 Å². The fraction of sp³-hybridized carbons (Fsp3) is 0.833. The van der Waals surface area contributed by atoms with E-state index in [1.54, 1.807) is 0 Å². The number of amides is 3. The van der Waals surface area contributed by atoms with E-state index in [2.05, 4.69) is 10.6 Å². The largest absolute Gasteiger partial charge is 0.381 e. The first-order chi connectivity index (χ1) is 8.49. The second-order valence-corrected chi connectivity index (χ2v) is 5.00. The van der Waals surface area contributed by atoms with E-state index >= 15 is 0 Å². The van der Waals surface area contributed by atoms with Crippen molar-refractivity contribution < 1.29 is 14.3 Å².